The van der Waals surface area contributed by atoms with E-state index in [4.69, 9.17) is 5.21 Å². The highest BCUT2D eigenvalue weighted by atomic mass is 16.5. The van der Waals surface area contributed by atoms with Crippen LogP contribution in [0, 0.1) is 5.92 Å². The smallest absolute Gasteiger partial charge is 0.243 e. The summed E-state index contributed by atoms with van der Waals surface area (Å²) in [6.45, 7) is 1.89. The van der Waals surface area contributed by atoms with Gasteiger partial charge in [-0.3, -0.25) is 19.9 Å². The Morgan fingerprint density at radius 3 is 2.91 bits per heavy atom. The molecule has 1 unspecified atom stereocenters. The van der Waals surface area contributed by atoms with Crippen molar-refractivity contribution in [1.82, 2.24) is 15.7 Å². The maximum Gasteiger partial charge on any atom is 0.243 e. The van der Waals surface area contributed by atoms with E-state index < -0.39 is 0 Å². The van der Waals surface area contributed by atoms with Crippen molar-refractivity contribution < 1.29 is 14.8 Å². The van der Waals surface area contributed by atoms with Gasteiger partial charge in [0.1, 0.15) is 0 Å². The monoisotopic (exact) mass is 318 g/mol. The molecule has 1 heterocycles. The third-order valence-electron chi connectivity index (χ3n) is 3.82. The van der Waals surface area contributed by atoms with Crippen LogP contribution < -0.4 is 10.8 Å². The number of hydroxylamine groups is 1. The number of hydrogen-bond acceptors (Lipinski definition) is 4. The van der Waals surface area contributed by atoms with E-state index in [2.05, 4.69) is 15.5 Å². The molecule has 0 aliphatic carbocycles. The molecule has 0 bridgehead atoms. The Morgan fingerprint density at radius 1 is 1.30 bits per heavy atom. The Balaban J connectivity index is 1.73. The zero-order valence-corrected chi connectivity index (χ0v) is 13.1. The van der Waals surface area contributed by atoms with E-state index in [-0.39, 0.29) is 17.7 Å². The summed E-state index contributed by atoms with van der Waals surface area (Å²) in [5.74, 6) is -0.479. The van der Waals surface area contributed by atoms with Crippen molar-refractivity contribution >= 4 is 28.4 Å². The number of aromatic nitrogens is 2. The molecule has 2 rings (SSSR count). The second kappa shape index (κ2) is 8.28. The van der Waals surface area contributed by atoms with Crippen molar-refractivity contribution in [2.75, 3.05) is 5.32 Å². The van der Waals surface area contributed by atoms with Crippen molar-refractivity contribution in [1.29, 1.82) is 0 Å². The normalized spacial score (nSPS) is 12.1. The minimum absolute atomic E-state index is 0.0130. The second-order valence-corrected chi connectivity index (χ2v) is 5.70. The summed E-state index contributed by atoms with van der Waals surface area (Å²) in [6.07, 6.45) is 5.22. The van der Waals surface area contributed by atoms with E-state index in [9.17, 15) is 9.59 Å². The third-order valence-corrected chi connectivity index (χ3v) is 3.82. The summed E-state index contributed by atoms with van der Waals surface area (Å²) in [5, 5.41) is 19.1. The van der Waals surface area contributed by atoms with E-state index in [1.807, 2.05) is 25.1 Å². The first-order valence-corrected chi connectivity index (χ1v) is 7.77. The van der Waals surface area contributed by atoms with Gasteiger partial charge >= 0.3 is 0 Å². The van der Waals surface area contributed by atoms with E-state index >= 15 is 0 Å². The number of benzene rings is 1. The number of unbranched alkanes of at least 4 members (excludes halogenated alkanes) is 2. The van der Waals surface area contributed by atoms with Crippen molar-refractivity contribution in [3.05, 3.63) is 24.4 Å². The molecule has 7 nitrogen and oxygen atoms in total. The van der Waals surface area contributed by atoms with Gasteiger partial charge in [0.05, 0.1) is 11.7 Å². The SMILES string of the molecule is CC(CCCCCC(=O)NO)C(=O)Nc1ccc2[nH]ncc2c1. The number of fused-ring (bicyclic) bond motifs is 1. The van der Waals surface area contributed by atoms with Gasteiger partial charge in [0.25, 0.3) is 0 Å². The average Bonchev–Trinajstić information content (AvgIpc) is 3.01. The van der Waals surface area contributed by atoms with Gasteiger partial charge in [-0.2, -0.15) is 5.10 Å². The number of anilines is 1. The molecular formula is C16H22N4O3. The number of nitrogens with one attached hydrogen (secondary N) is 3. The van der Waals surface area contributed by atoms with Gasteiger partial charge in [-0.1, -0.05) is 19.8 Å². The quantitative estimate of drug-likeness (QED) is 0.341. The first-order chi connectivity index (χ1) is 11.1. The fourth-order valence-corrected chi connectivity index (χ4v) is 2.39. The number of hydrogen-bond donors (Lipinski definition) is 4. The zero-order valence-electron chi connectivity index (χ0n) is 13.1. The molecule has 23 heavy (non-hydrogen) atoms. The van der Waals surface area contributed by atoms with E-state index in [0.717, 1.165) is 35.9 Å². The summed E-state index contributed by atoms with van der Waals surface area (Å²) < 4.78 is 0. The molecule has 4 N–H and O–H groups in total. The highest BCUT2D eigenvalue weighted by Crippen LogP contribution is 2.18. The number of H-pyrrole nitrogens is 1. The molecule has 0 aliphatic rings. The number of carbonyl (C=O) groups excluding carboxylic acids is 2. The van der Waals surface area contributed by atoms with Crippen LogP contribution in [0.4, 0.5) is 5.69 Å². The molecule has 0 saturated heterocycles. The molecule has 1 atom stereocenters. The molecule has 0 aliphatic heterocycles. The summed E-state index contributed by atoms with van der Waals surface area (Å²) in [7, 11) is 0. The number of aromatic amines is 1. The van der Waals surface area contributed by atoms with Gasteiger partial charge in [0.2, 0.25) is 11.8 Å². The molecule has 2 amide bonds. The van der Waals surface area contributed by atoms with Gasteiger partial charge in [-0.05, 0) is 31.0 Å². The Bertz CT molecular complexity index is 668. The first kappa shape index (κ1) is 17.0. The van der Waals surface area contributed by atoms with Gasteiger partial charge in [-0.25, -0.2) is 5.48 Å². The van der Waals surface area contributed by atoms with Crippen molar-refractivity contribution in [3.63, 3.8) is 0 Å². The number of rotatable bonds is 8. The molecule has 2 aromatic rings. The Kier molecular flexibility index (Phi) is 6.10. The van der Waals surface area contributed by atoms with E-state index in [1.54, 1.807) is 11.7 Å². The maximum absolute atomic E-state index is 12.2. The van der Waals surface area contributed by atoms with Crippen molar-refractivity contribution in [3.8, 4) is 0 Å². The summed E-state index contributed by atoms with van der Waals surface area (Å²) in [6, 6.07) is 5.62. The molecule has 1 aromatic heterocycles. The lowest BCUT2D eigenvalue weighted by atomic mass is 10.0. The molecule has 1 aromatic carbocycles. The predicted octanol–water partition coefficient (Wildman–Crippen LogP) is 2.59. The highest BCUT2D eigenvalue weighted by Gasteiger charge is 2.13. The van der Waals surface area contributed by atoms with Crippen LogP contribution in [0.25, 0.3) is 10.9 Å². The van der Waals surface area contributed by atoms with Gasteiger partial charge in [-0.15, -0.1) is 0 Å². The molecule has 0 fully saturated rings. The minimum atomic E-state index is -0.370. The Labute approximate surface area is 134 Å². The van der Waals surface area contributed by atoms with Crippen molar-refractivity contribution in [2.24, 2.45) is 5.92 Å². The molecule has 0 saturated carbocycles. The van der Waals surface area contributed by atoms with Gasteiger partial charge in [0, 0.05) is 23.4 Å². The van der Waals surface area contributed by atoms with Gasteiger partial charge in [0.15, 0.2) is 0 Å². The lowest BCUT2D eigenvalue weighted by Gasteiger charge is -2.12. The largest absolute Gasteiger partial charge is 0.326 e. The number of carbonyl (C=O) groups is 2. The third kappa shape index (κ3) is 5.07. The van der Waals surface area contributed by atoms with E-state index in [0.29, 0.717) is 12.8 Å². The van der Waals surface area contributed by atoms with Gasteiger partial charge < -0.3 is 5.32 Å². The fourth-order valence-electron chi connectivity index (χ4n) is 2.39. The molecule has 124 valence electrons. The maximum atomic E-state index is 12.2. The average molecular weight is 318 g/mol. The lowest BCUT2D eigenvalue weighted by Crippen LogP contribution is -2.20. The predicted molar refractivity (Wildman–Crippen MR) is 86.9 cm³/mol. The minimum Gasteiger partial charge on any atom is -0.326 e. The van der Waals surface area contributed by atoms with E-state index in [1.165, 1.54) is 0 Å². The zero-order chi connectivity index (χ0) is 16.7. The standard InChI is InChI=1S/C16H22N4O3/c1-11(5-3-2-4-6-15(21)20-23)16(22)18-13-7-8-14-12(9-13)10-17-19-14/h7-11,23H,2-6H2,1H3,(H,17,19)(H,18,22)(H,20,21). The Morgan fingerprint density at radius 2 is 2.13 bits per heavy atom. The van der Waals surface area contributed by atoms with Crippen LogP contribution in [0.1, 0.15) is 39.0 Å². The van der Waals surface area contributed by atoms with Crippen LogP contribution in [0.5, 0.6) is 0 Å². The summed E-state index contributed by atoms with van der Waals surface area (Å²) >= 11 is 0. The van der Waals surface area contributed by atoms with Crippen LogP contribution in [0.15, 0.2) is 24.4 Å². The number of nitrogens with zero attached hydrogens (tertiary/aromatic N) is 1. The second-order valence-electron chi connectivity index (χ2n) is 5.70. The highest BCUT2D eigenvalue weighted by molar-refractivity contribution is 5.94. The van der Waals surface area contributed by atoms with Crippen molar-refractivity contribution in [2.45, 2.75) is 39.0 Å². The van der Waals surface area contributed by atoms with Crippen LogP contribution in [0.2, 0.25) is 0 Å². The molecular weight excluding hydrogens is 296 g/mol. The molecule has 0 spiro atoms. The van der Waals surface area contributed by atoms with Crippen LogP contribution >= 0.6 is 0 Å². The molecule has 0 radical (unpaired) electrons. The number of amides is 2. The Hall–Kier alpha value is -2.41. The van der Waals surface area contributed by atoms with Crippen LogP contribution in [-0.4, -0.2) is 27.2 Å². The topological polar surface area (TPSA) is 107 Å². The lowest BCUT2D eigenvalue weighted by molar-refractivity contribution is -0.129. The summed E-state index contributed by atoms with van der Waals surface area (Å²) in [4.78, 5) is 23.0. The fraction of sp³-hybridized carbons (Fsp3) is 0.438. The first-order valence-electron chi connectivity index (χ1n) is 7.77. The summed E-state index contributed by atoms with van der Waals surface area (Å²) in [5.41, 5.74) is 3.30. The van der Waals surface area contributed by atoms with Crippen LogP contribution in [-0.2, 0) is 9.59 Å². The molecule has 7 heteroatoms. The van der Waals surface area contributed by atoms with Crippen LogP contribution in [0.3, 0.4) is 0 Å².